The van der Waals surface area contributed by atoms with Gasteiger partial charge in [0.1, 0.15) is 0 Å². The lowest BCUT2D eigenvalue weighted by molar-refractivity contribution is 0.0660. The minimum atomic E-state index is -1.23. The molecule has 1 heterocycles. The lowest BCUT2D eigenvalue weighted by Gasteiger charge is -2.21. The molecule has 3 rings (SSSR count). The van der Waals surface area contributed by atoms with E-state index in [9.17, 15) is 13.8 Å². The second kappa shape index (κ2) is 8.31. The van der Waals surface area contributed by atoms with E-state index in [0.717, 1.165) is 31.2 Å². The molecular formula is C19H21NO5S. The van der Waals surface area contributed by atoms with Crippen molar-refractivity contribution in [1.29, 1.82) is 0 Å². The number of hydrogen-bond donors (Lipinski definition) is 2. The first-order valence-corrected chi connectivity index (χ1v) is 10.0. The maximum Gasteiger partial charge on any atom is 0.371 e. The Morgan fingerprint density at radius 1 is 1.12 bits per heavy atom. The summed E-state index contributed by atoms with van der Waals surface area (Å²) in [5, 5.41) is 11.8. The highest BCUT2D eigenvalue weighted by Crippen LogP contribution is 2.24. The molecule has 1 aliphatic rings. The molecule has 1 aromatic heterocycles. The summed E-state index contributed by atoms with van der Waals surface area (Å²) in [7, 11) is -0.913. The second-order valence-corrected chi connectivity index (χ2v) is 8.13. The van der Waals surface area contributed by atoms with Crippen molar-refractivity contribution < 1.29 is 23.3 Å². The molecule has 0 bridgehead atoms. The Morgan fingerprint density at radius 3 is 2.54 bits per heavy atom. The van der Waals surface area contributed by atoms with E-state index in [1.54, 1.807) is 18.2 Å². The van der Waals surface area contributed by atoms with Gasteiger partial charge in [-0.3, -0.25) is 9.00 Å². The summed E-state index contributed by atoms with van der Waals surface area (Å²) in [6, 6.07) is 9.77. The minimum Gasteiger partial charge on any atom is -0.475 e. The van der Waals surface area contributed by atoms with Gasteiger partial charge in [0.2, 0.25) is 5.76 Å². The lowest BCUT2D eigenvalue weighted by atomic mass is 10.0. The van der Waals surface area contributed by atoms with Crippen molar-refractivity contribution in [1.82, 2.24) is 0 Å². The number of carboxylic acids is 1. The van der Waals surface area contributed by atoms with Gasteiger partial charge in [-0.15, -0.1) is 0 Å². The highest BCUT2D eigenvalue weighted by atomic mass is 32.2. The van der Waals surface area contributed by atoms with Crippen LogP contribution in [0, 0.1) is 0 Å². The number of carbonyl (C=O) groups is 2. The van der Waals surface area contributed by atoms with E-state index in [4.69, 9.17) is 9.52 Å². The van der Waals surface area contributed by atoms with Crippen LogP contribution in [0.15, 0.2) is 40.8 Å². The molecule has 1 unspecified atom stereocenters. The first-order chi connectivity index (χ1) is 12.5. The molecule has 0 spiro atoms. The van der Waals surface area contributed by atoms with Crippen molar-refractivity contribution in [3.8, 4) is 0 Å². The van der Waals surface area contributed by atoms with Crippen molar-refractivity contribution in [2.24, 2.45) is 0 Å². The summed E-state index contributed by atoms with van der Waals surface area (Å²) in [5.74, 6) is -1.64. The van der Waals surface area contributed by atoms with Crippen LogP contribution in [0.5, 0.6) is 0 Å². The molecule has 1 aromatic carbocycles. The van der Waals surface area contributed by atoms with E-state index in [1.165, 1.54) is 18.6 Å². The van der Waals surface area contributed by atoms with E-state index in [-0.39, 0.29) is 16.8 Å². The topological polar surface area (TPSA) is 96.6 Å². The SMILES string of the molecule is O=C(O)c1ccc(C(=O)Nc2cccc(CS(=O)C3CCCCC3)c2)o1. The van der Waals surface area contributed by atoms with Gasteiger partial charge in [-0.25, -0.2) is 4.79 Å². The number of carboxylic acid groups (broad SMARTS) is 1. The first-order valence-electron chi connectivity index (χ1n) is 8.63. The number of amides is 1. The van der Waals surface area contributed by atoms with Crippen LogP contribution in [0.3, 0.4) is 0 Å². The highest BCUT2D eigenvalue weighted by molar-refractivity contribution is 7.84. The van der Waals surface area contributed by atoms with Gasteiger partial charge in [-0.05, 0) is 42.7 Å². The van der Waals surface area contributed by atoms with Gasteiger partial charge in [-0.1, -0.05) is 31.4 Å². The van der Waals surface area contributed by atoms with Gasteiger partial charge in [0.25, 0.3) is 5.91 Å². The van der Waals surface area contributed by atoms with Crippen molar-refractivity contribution in [2.45, 2.75) is 43.1 Å². The molecule has 26 heavy (non-hydrogen) atoms. The third-order valence-corrected chi connectivity index (χ3v) is 6.29. The number of nitrogens with one attached hydrogen (secondary N) is 1. The van der Waals surface area contributed by atoms with Gasteiger partial charge < -0.3 is 14.8 Å². The lowest BCUT2D eigenvalue weighted by Crippen LogP contribution is -2.19. The fourth-order valence-corrected chi connectivity index (χ4v) is 4.72. The number of anilines is 1. The molecule has 1 aliphatic carbocycles. The number of aromatic carboxylic acids is 1. The standard InChI is InChI=1S/C19H21NO5S/c21-18(16-9-10-17(25-16)19(22)23)20-14-6-4-5-13(11-14)12-26(24)15-7-2-1-3-8-15/h4-6,9-11,15H,1-3,7-8,12H2,(H,20,21)(H,22,23). The second-order valence-electron chi connectivity index (χ2n) is 6.41. The van der Waals surface area contributed by atoms with Crippen LogP contribution in [0.2, 0.25) is 0 Å². The van der Waals surface area contributed by atoms with Crippen LogP contribution >= 0.6 is 0 Å². The highest BCUT2D eigenvalue weighted by Gasteiger charge is 2.20. The van der Waals surface area contributed by atoms with E-state index < -0.39 is 22.7 Å². The average molecular weight is 375 g/mol. The van der Waals surface area contributed by atoms with E-state index >= 15 is 0 Å². The Hall–Kier alpha value is -2.41. The summed E-state index contributed by atoms with van der Waals surface area (Å²) in [4.78, 5) is 23.0. The summed E-state index contributed by atoms with van der Waals surface area (Å²) in [6.07, 6.45) is 5.56. The summed E-state index contributed by atoms with van der Waals surface area (Å²) in [5.41, 5.74) is 1.46. The third-order valence-electron chi connectivity index (χ3n) is 4.46. The normalized spacial score (nSPS) is 16.2. The monoisotopic (exact) mass is 375 g/mol. The van der Waals surface area contributed by atoms with Gasteiger partial charge in [0, 0.05) is 27.5 Å². The largest absolute Gasteiger partial charge is 0.475 e. The van der Waals surface area contributed by atoms with Crippen molar-refractivity contribution in [3.05, 3.63) is 53.5 Å². The molecule has 2 aromatic rings. The van der Waals surface area contributed by atoms with Gasteiger partial charge in [0.05, 0.1) is 0 Å². The molecule has 1 atom stereocenters. The van der Waals surface area contributed by atoms with E-state index in [1.807, 2.05) is 6.07 Å². The predicted molar refractivity (Wildman–Crippen MR) is 98.8 cm³/mol. The predicted octanol–water partition coefficient (Wildman–Crippen LogP) is 3.81. The maximum atomic E-state index is 12.5. The van der Waals surface area contributed by atoms with Crippen LogP contribution in [-0.2, 0) is 16.6 Å². The third kappa shape index (κ3) is 4.60. The Balaban J connectivity index is 1.63. The fraction of sp³-hybridized carbons (Fsp3) is 0.368. The molecule has 1 saturated carbocycles. The van der Waals surface area contributed by atoms with Crippen molar-refractivity contribution in [2.75, 3.05) is 5.32 Å². The zero-order valence-electron chi connectivity index (χ0n) is 14.3. The summed E-state index contributed by atoms with van der Waals surface area (Å²) in [6.45, 7) is 0. The molecule has 138 valence electrons. The molecule has 0 radical (unpaired) electrons. The smallest absolute Gasteiger partial charge is 0.371 e. The van der Waals surface area contributed by atoms with Crippen LogP contribution in [0.1, 0.15) is 58.8 Å². The number of furan rings is 1. The van der Waals surface area contributed by atoms with Crippen LogP contribution in [0.25, 0.3) is 0 Å². The number of hydrogen-bond acceptors (Lipinski definition) is 4. The zero-order chi connectivity index (χ0) is 18.5. The number of rotatable bonds is 6. The van der Waals surface area contributed by atoms with Crippen molar-refractivity contribution in [3.63, 3.8) is 0 Å². The van der Waals surface area contributed by atoms with Crippen LogP contribution in [0.4, 0.5) is 5.69 Å². The molecule has 6 nitrogen and oxygen atoms in total. The molecule has 1 fully saturated rings. The Labute approximate surface area is 154 Å². The minimum absolute atomic E-state index is 0.0708. The fourth-order valence-electron chi connectivity index (χ4n) is 3.12. The van der Waals surface area contributed by atoms with E-state index in [2.05, 4.69) is 5.32 Å². The molecule has 0 saturated heterocycles. The Morgan fingerprint density at radius 2 is 1.85 bits per heavy atom. The number of benzene rings is 1. The summed E-state index contributed by atoms with van der Waals surface area (Å²) < 4.78 is 17.5. The summed E-state index contributed by atoms with van der Waals surface area (Å²) >= 11 is 0. The molecular weight excluding hydrogens is 354 g/mol. The van der Waals surface area contributed by atoms with Gasteiger partial charge >= 0.3 is 5.97 Å². The maximum absolute atomic E-state index is 12.5. The van der Waals surface area contributed by atoms with E-state index in [0.29, 0.717) is 11.4 Å². The molecule has 7 heteroatoms. The van der Waals surface area contributed by atoms with Gasteiger partial charge in [0.15, 0.2) is 5.76 Å². The van der Waals surface area contributed by atoms with Crippen LogP contribution in [-0.4, -0.2) is 26.4 Å². The Kier molecular flexibility index (Phi) is 5.88. The Bertz CT molecular complexity index is 823. The quantitative estimate of drug-likeness (QED) is 0.800. The van der Waals surface area contributed by atoms with Gasteiger partial charge in [-0.2, -0.15) is 0 Å². The molecule has 2 N–H and O–H groups in total. The van der Waals surface area contributed by atoms with Crippen molar-refractivity contribution >= 4 is 28.4 Å². The number of carbonyl (C=O) groups excluding carboxylic acids is 1. The zero-order valence-corrected chi connectivity index (χ0v) is 15.1. The molecule has 0 aliphatic heterocycles. The first kappa shape index (κ1) is 18.4. The molecule has 1 amide bonds. The average Bonchev–Trinajstić information content (AvgIpc) is 3.13. The van der Waals surface area contributed by atoms with Crippen LogP contribution < -0.4 is 5.32 Å².